The van der Waals surface area contributed by atoms with Crippen LogP contribution < -0.4 is 10.2 Å². The Morgan fingerprint density at radius 1 is 1.42 bits per heavy atom. The molecule has 0 aromatic heterocycles. The van der Waals surface area contributed by atoms with Crippen LogP contribution >= 0.6 is 0 Å². The monoisotopic (exact) mass is 329 g/mol. The van der Waals surface area contributed by atoms with Gasteiger partial charge in [-0.15, -0.1) is 0 Å². The third-order valence-corrected chi connectivity index (χ3v) is 4.94. The first-order chi connectivity index (χ1) is 11.6. The van der Waals surface area contributed by atoms with Crippen molar-refractivity contribution < 1.29 is 14.3 Å². The highest BCUT2D eigenvalue weighted by Crippen LogP contribution is 2.38. The topological polar surface area (TPSA) is 74.6 Å². The molecule has 0 saturated carbocycles. The van der Waals surface area contributed by atoms with Gasteiger partial charge in [0.2, 0.25) is 5.91 Å². The molecule has 3 rings (SSSR count). The summed E-state index contributed by atoms with van der Waals surface area (Å²) in [6.45, 7) is 2.51. The molecule has 2 aliphatic heterocycles. The predicted octanol–water partition coefficient (Wildman–Crippen LogP) is 1.45. The normalized spacial score (nSPS) is 22.3. The average Bonchev–Trinajstić information content (AvgIpc) is 3.03. The van der Waals surface area contributed by atoms with Gasteiger partial charge in [-0.05, 0) is 37.1 Å². The van der Waals surface area contributed by atoms with Crippen molar-refractivity contribution in [1.29, 1.82) is 5.26 Å². The van der Waals surface area contributed by atoms with Crippen LogP contribution in [0.25, 0.3) is 0 Å². The Balaban J connectivity index is 1.51. The van der Waals surface area contributed by atoms with Crippen molar-refractivity contribution in [2.75, 3.05) is 38.3 Å². The van der Waals surface area contributed by atoms with Gasteiger partial charge in [0.15, 0.2) is 0 Å². The number of hydrogen-bond acceptors (Lipinski definition) is 5. The van der Waals surface area contributed by atoms with E-state index in [4.69, 9.17) is 14.7 Å². The van der Waals surface area contributed by atoms with Crippen molar-refractivity contribution >= 4 is 11.6 Å². The predicted molar refractivity (Wildman–Crippen MR) is 89.7 cm³/mol. The number of anilines is 1. The number of carbonyl (C=O) groups excluding carboxylic acids is 1. The summed E-state index contributed by atoms with van der Waals surface area (Å²) in [4.78, 5) is 13.6. The summed E-state index contributed by atoms with van der Waals surface area (Å²) in [7, 11) is 1.61. The van der Waals surface area contributed by atoms with E-state index in [-0.39, 0.29) is 24.2 Å². The first kappa shape index (κ1) is 16.7. The molecule has 2 heterocycles. The molecule has 1 spiro atoms. The van der Waals surface area contributed by atoms with Gasteiger partial charge in [-0.1, -0.05) is 0 Å². The van der Waals surface area contributed by atoms with Crippen LogP contribution in [-0.2, 0) is 14.3 Å². The fourth-order valence-electron chi connectivity index (χ4n) is 3.44. The van der Waals surface area contributed by atoms with Gasteiger partial charge in [-0.25, -0.2) is 0 Å². The van der Waals surface area contributed by atoms with Crippen LogP contribution in [0.2, 0.25) is 0 Å². The highest BCUT2D eigenvalue weighted by molar-refractivity contribution is 5.76. The molecular formula is C18H23N3O3. The second-order valence-corrected chi connectivity index (χ2v) is 6.45. The zero-order valence-corrected chi connectivity index (χ0v) is 14.0. The number of likely N-dealkylation sites (N-methyl/N-ethyl adjacent to an activating group) is 1. The fraction of sp³-hybridized carbons (Fsp3) is 0.556. The van der Waals surface area contributed by atoms with Crippen molar-refractivity contribution in [3.8, 4) is 6.07 Å². The minimum absolute atomic E-state index is 0.00348. The molecule has 6 nitrogen and oxygen atoms in total. The second-order valence-electron chi connectivity index (χ2n) is 6.45. The molecule has 1 atom stereocenters. The molecule has 2 saturated heterocycles. The largest absolute Gasteiger partial charge is 0.372 e. The number of amides is 1. The molecule has 1 aromatic rings. The SMILES string of the molecule is CNC(=O)CO[C@@H]1COC2(CCN(c3ccc(C#N)cc3)CC2)C1. The van der Waals surface area contributed by atoms with Crippen LogP contribution in [-0.4, -0.2) is 51.0 Å². The minimum Gasteiger partial charge on any atom is -0.372 e. The van der Waals surface area contributed by atoms with E-state index in [0.717, 1.165) is 38.0 Å². The van der Waals surface area contributed by atoms with E-state index in [1.165, 1.54) is 0 Å². The molecule has 6 heteroatoms. The molecule has 0 aliphatic carbocycles. The number of carbonyl (C=O) groups is 1. The lowest BCUT2D eigenvalue weighted by Crippen LogP contribution is -2.44. The molecule has 0 unspecified atom stereocenters. The lowest BCUT2D eigenvalue weighted by Gasteiger charge is -2.39. The van der Waals surface area contributed by atoms with E-state index >= 15 is 0 Å². The van der Waals surface area contributed by atoms with Crippen molar-refractivity contribution in [3.63, 3.8) is 0 Å². The third-order valence-electron chi connectivity index (χ3n) is 4.94. The van der Waals surface area contributed by atoms with E-state index in [0.29, 0.717) is 12.2 Å². The van der Waals surface area contributed by atoms with E-state index in [9.17, 15) is 4.79 Å². The Hall–Kier alpha value is -2.10. The van der Waals surface area contributed by atoms with Crippen LogP contribution in [0, 0.1) is 11.3 Å². The van der Waals surface area contributed by atoms with Crippen molar-refractivity contribution in [1.82, 2.24) is 5.32 Å². The summed E-state index contributed by atoms with van der Waals surface area (Å²) in [6, 6.07) is 9.86. The molecule has 24 heavy (non-hydrogen) atoms. The van der Waals surface area contributed by atoms with Gasteiger partial charge in [0, 0.05) is 32.2 Å². The van der Waals surface area contributed by atoms with Gasteiger partial charge in [-0.2, -0.15) is 5.26 Å². The maximum Gasteiger partial charge on any atom is 0.245 e. The van der Waals surface area contributed by atoms with Gasteiger partial charge in [0.1, 0.15) is 6.61 Å². The van der Waals surface area contributed by atoms with Gasteiger partial charge >= 0.3 is 0 Å². The van der Waals surface area contributed by atoms with Crippen molar-refractivity contribution in [2.45, 2.75) is 31.0 Å². The Morgan fingerprint density at radius 3 is 2.75 bits per heavy atom. The van der Waals surface area contributed by atoms with E-state index in [1.807, 2.05) is 24.3 Å². The molecule has 0 radical (unpaired) electrons. The summed E-state index contributed by atoms with van der Waals surface area (Å²) in [5.74, 6) is -0.105. The third kappa shape index (κ3) is 3.69. The molecule has 1 N–H and O–H groups in total. The zero-order valence-electron chi connectivity index (χ0n) is 14.0. The Morgan fingerprint density at radius 2 is 2.12 bits per heavy atom. The van der Waals surface area contributed by atoms with Crippen LogP contribution in [0.1, 0.15) is 24.8 Å². The van der Waals surface area contributed by atoms with Gasteiger partial charge < -0.3 is 19.7 Å². The first-order valence-electron chi connectivity index (χ1n) is 8.35. The van der Waals surface area contributed by atoms with E-state index in [2.05, 4.69) is 16.3 Å². The van der Waals surface area contributed by atoms with Crippen molar-refractivity contribution in [2.24, 2.45) is 0 Å². The number of nitrogens with zero attached hydrogens (tertiary/aromatic N) is 2. The first-order valence-corrected chi connectivity index (χ1v) is 8.35. The summed E-state index contributed by atoms with van der Waals surface area (Å²) in [5, 5.41) is 11.4. The summed E-state index contributed by atoms with van der Waals surface area (Å²) >= 11 is 0. The number of ether oxygens (including phenoxy) is 2. The van der Waals surface area contributed by atoms with E-state index in [1.54, 1.807) is 7.05 Å². The second kappa shape index (κ2) is 7.20. The standard InChI is InChI=1S/C18H23N3O3/c1-20-17(22)13-23-16-10-18(24-12-16)6-8-21(9-7-18)15-4-2-14(11-19)3-5-15/h2-5,16H,6-10,12-13H2,1H3,(H,20,22)/t16-/m0/s1. The quantitative estimate of drug-likeness (QED) is 0.905. The van der Waals surface area contributed by atoms with Gasteiger partial charge in [-0.3, -0.25) is 4.79 Å². The Bertz CT molecular complexity index is 615. The van der Waals surface area contributed by atoms with Crippen LogP contribution in [0.15, 0.2) is 24.3 Å². The van der Waals surface area contributed by atoms with Crippen LogP contribution in [0.5, 0.6) is 0 Å². The molecular weight excluding hydrogens is 306 g/mol. The molecule has 0 bridgehead atoms. The number of rotatable bonds is 4. The number of nitriles is 1. The minimum atomic E-state index is -0.115. The molecule has 128 valence electrons. The smallest absolute Gasteiger partial charge is 0.245 e. The van der Waals surface area contributed by atoms with Crippen LogP contribution in [0.3, 0.4) is 0 Å². The number of nitrogens with one attached hydrogen (secondary N) is 1. The lowest BCUT2D eigenvalue weighted by molar-refractivity contribution is -0.127. The maximum atomic E-state index is 11.3. The van der Waals surface area contributed by atoms with Gasteiger partial charge in [0.25, 0.3) is 0 Å². The van der Waals surface area contributed by atoms with Crippen molar-refractivity contribution in [3.05, 3.63) is 29.8 Å². The zero-order chi connectivity index (χ0) is 17.0. The number of benzene rings is 1. The highest BCUT2D eigenvalue weighted by Gasteiger charge is 2.43. The molecule has 2 fully saturated rings. The van der Waals surface area contributed by atoms with E-state index < -0.39 is 0 Å². The lowest BCUT2D eigenvalue weighted by atomic mass is 9.87. The summed E-state index contributed by atoms with van der Waals surface area (Å²) in [5.41, 5.74) is 1.72. The average molecular weight is 329 g/mol. The number of piperidine rings is 1. The highest BCUT2D eigenvalue weighted by atomic mass is 16.6. The summed E-state index contributed by atoms with van der Waals surface area (Å²) < 4.78 is 11.7. The fourth-order valence-corrected chi connectivity index (χ4v) is 3.44. The molecule has 1 aromatic carbocycles. The molecule has 1 amide bonds. The Kier molecular flexibility index (Phi) is 5.03. The summed E-state index contributed by atoms with van der Waals surface area (Å²) in [6.07, 6.45) is 2.76. The number of hydrogen-bond donors (Lipinski definition) is 1. The Labute approximate surface area is 142 Å². The molecule has 2 aliphatic rings. The van der Waals surface area contributed by atoms with Crippen LogP contribution in [0.4, 0.5) is 5.69 Å². The van der Waals surface area contributed by atoms with Gasteiger partial charge in [0.05, 0.1) is 29.9 Å². The maximum absolute atomic E-state index is 11.3.